The maximum Gasteiger partial charge on any atom is 0.250 e. The molecule has 0 radical (unpaired) electrons. The lowest BCUT2D eigenvalue weighted by atomic mass is 9.88. The van der Waals surface area contributed by atoms with Crippen molar-refractivity contribution in [3.05, 3.63) is 175 Å². The van der Waals surface area contributed by atoms with Gasteiger partial charge in [0.05, 0.1) is 24.4 Å². The minimum atomic E-state index is -3.60. The van der Waals surface area contributed by atoms with Gasteiger partial charge >= 0.3 is 0 Å². The van der Waals surface area contributed by atoms with Gasteiger partial charge < -0.3 is 0 Å². The molecule has 3 unspecified atom stereocenters. The van der Waals surface area contributed by atoms with Gasteiger partial charge in [0.2, 0.25) is 20.0 Å². The van der Waals surface area contributed by atoms with Crippen LogP contribution in [0.1, 0.15) is 122 Å². The van der Waals surface area contributed by atoms with Crippen LogP contribution in [0.15, 0.2) is 123 Å². The number of nitrogens with one attached hydrogen (secondary N) is 6. The molecule has 15 nitrogen and oxygen atoms in total. The van der Waals surface area contributed by atoms with Gasteiger partial charge in [-0.1, -0.05) is 72.8 Å². The first-order valence-electron chi connectivity index (χ1n) is 26.0. The van der Waals surface area contributed by atoms with Gasteiger partial charge in [-0.2, -0.15) is 15.3 Å². The zero-order valence-corrected chi connectivity index (χ0v) is 49.1. The Labute approximate surface area is 468 Å². The molecule has 9 aromatic rings. The van der Waals surface area contributed by atoms with E-state index in [0.29, 0.717) is 14.0 Å². The van der Waals surface area contributed by atoms with E-state index in [2.05, 4.69) is 63.0 Å². The maximum absolute atomic E-state index is 13.1. The Hall–Kier alpha value is -5.88. The quantitative estimate of drug-likeness (QED) is 0.0683. The van der Waals surface area contributed by atoms with Crippen molar-refractivity contribution in [3.63, 3.8) is 0 Å². The second kappa shape index (κ2) is 23.1. The minimum absolute atomic E-state index is 0.159. The maximum atomic E-state index is 13.1. The standard InChI is InChI=1S/C20H23N3O2S2.C19H21N3O2S2.C18H19N3O2S2/c1-12-13(2)21-22-20(12)18-11-19(14(3)26-18)27(24,25)23-17-10-6-8-15-7-4-5-9-16(15)17;1-12-10-17(21-20-12)18-11-19(13(2)25-18)26(23,24)22-16-9-5-7-14-6-3-4-8-15(14)16;1-12-11-16(20-19-12)17-9-10-18(24-17)25(22,23)21-15-8-4-6-13-5-2-3-7-14(13)15/h4-5,7,9,11,17,23H,6,8,10H2,1-3H3,(H,21,22);3-4,6,8,10-11,16,22H,5,7,9H2,1-2H3,(H,20,21);2-3,5,7,9-11,15,21H,4,6,8H2,1H3,(H,19,20). The number of aromatic nitrogens is 6. The summed E-state index contributed by atoms with van der Waals surface area (Å²) in [6.45, 7) is 11.5. The van der Waals surface area contributed by atoms with E-state index in [9.17, 15) is 25.3 Å². The van der Waals surface area contributed by atoms with Gasteiger partial charge in [0, 0.05) is 45.0 Å². The van der Waals surface area contributed by atoms with E-state index in [1.54, 1.807) is 18.2 Å². The van der Waals surface area contributed by atoms with Crippen molar-refractivity contribution in [1.82, 2.24) is 44.8 Å². The fraction of sp³-hybridized carbons (Fsp3) is 0.316. The molecular weight excluding hydrogens is 1100 g/mol. The van der Waals surface area contributed by atoms with Crippen LogP contribution in [-0.2, 0) is 49.3 Å². The lowest BCUT2D eigenvalue weighted by Gasteiger charge is -2.26. The van der Waals surface area contributed by atoms with Crippen molar-refractivity contribution in [2.45, 2.75) is 131 Å². The van der Waals surface area contributed by atoms with Crippen LogP contribution in [0.25, 0.3) is 31.7 Å². The average molecular weight is 1160 g/mol. The molecule has 78 heavy (non-hydrogen) atoms. The molecule has 21 heteroatoms. The first-order chi connectivity index (χ1) is 37.3. The smallest absolute Gasteiger partial charge is 0.250 e. The monoisotopic (exact) mass is 1160 g/mol. The lowest BCUT2D eigenvalue weighted by Crippen LogP contribution is -2.31. The average Bonchev–Trinajstić information content (AvgIpc) is 4.39. The summed E-state index contributed by atoms with van der Waals surface area (Å²) in [4.78, 5) is 4.83. The summed E-state index contributed by atoms with van der Waals surface area (Å²) in [6.07, 6.45) is 8.47. The molecule has 3 aromatic carbocycles. The Morgan fingerprint density at radius 2 is 0.885 bits per heavy atom. The highest BCUT2D eigenvalue weighted by atomic mass is 32.2. The Morgan fingerprint density at radius 1 is 0.462 bits per heavy atom. The van der Waals surface area contributed by atoms with Crippen LogP contribution in [0.4, 0.5) is 0 Å². The molecule has 6 heterocycles. The van der Waals surface area contributed by atoms with E-state index in [-0.39, 0.29) is 18.1 Å². The molecule has 3 aliphatic carbocycles. The van der Waals surface area contributed by atoms with Crippen LogP contribution in [-0.4, -0.2) is 55.8 Å². The molecular formula is C57H63N9O6S6. The molecule has 3 aliphatic rings. The zero-order valence-electron chi connectivity index (χ0n) is 44.2. The number of hydrogen-bond acceptors (Lipinski definition) is 12. The molecule has 0 fully saturated rings. The van der Waals surface area contributed by atoms with Gasteiger partial charge in [-0.3, -0.25) is 15.3 Å². The van der Waals surface area contributed by atoms with E-state index in [4.69, 9.17) is 0 Å². The van der Waals surface area contributed by atoms with Crippen molar-refractivity contribution in [2.24, 2.45) is 0 Å². The molecule has 0 saturated carbocycles. The van der Waals surface area contributed by atoms with Gasteiger partial charge in [0.15, 0.2) is 0 Å². The first kappa shape index (κ1) is 55.4. The molecule has 408 valence electrons. The van der Waals surface area contributed by atoms with E-state index in [1.807, 2.05) is 114 Å². The minimum Gasteiger partial charge on any atom is -0.282 e. The summed E-state index contributed by atoms with van der Waals surface area (Å²) < 4.78 is 87.1. The summed E-state index contributed by atoms with van der Waals surface area (Å²) in [6, 6.07) is 34.6. The first-order valence-corrected chi connectivity index (χ1v) is 32.9. The number of thiophene rings is 3. The number of hydrogen-bond donors (Lipinski definition) is 6. The van der Waals surface area contributed by atoms with Crippen LogP contribution in [0, 0.1) is 41.5 Å². The fourth-order valence-electron chi connectivity index (χ4n) is 10.5. The van der Waals surface area contributed by atoms with Crippen molar-refractivity contribution < 1.29 is 25.3 Å². The summed E-state index contributed by atoms with van der Waals surface area (Å²) in [7, 11) is -10.7. The van der Waals surface area contributed by atoms with Crippen LogP contribution in [0.3, 0.4) is 0 Å². The molecule has 0 saturated heterocycles. The van der Waals surface area contributed by atoms with Gasteiger partial charge in [-0.15, -0.1) is 34.0 Å². The number of sulfonamides is 3. The summed E-state index contributed by atoms with van der Waals surface area (Å²) in [5, 5.41) is 21.5. The highest BCUT2D eigenvalue weighted by Gasteiger charge is 2.31. The highest BCUT2D eigenvalue weighted by molar-refractivity contribution is 7.91. The Kier molecular flexibility index (Phi) is 16.4. The second-order valence-electron chi connectivity index (χ2n) is 20.2. The molecule has 12 rings (SSSR count). The van der Waals surface area contributed by atoms with Crippen LogP contribution < -0.4 is 14.2 Å². The largest absolute Gasteiger partial charge is 0.282 e. The third-order valence-electron chi connectivity index (χ3n) is 14.6. The van der Waals surface area contributed by atoms with E-state index in [1.165, 1.54) is 50.7 Å². The van der Waals surface area contributed by atoms with Crippen LogP contribution in [0.5, 0.6) is 0 Å². The van der Waals surface area contributed by atoms with Crippen molar-refractivity contribution in [2.75, 3.05) is 0 Å². The summed E-state index contributed by atoms with van der Waals surface area (Å²) >= 11 is 4.16. The van der Waals surface area contributed by atoms with Crippen LogP contribution >= 0.6 is 34.0 Å². The fourth-order valence-corrected chi connectivity index (χ4v) is 18.7. The van der Waals surface area contributed by atoms with Gasteiger partial charge in [-0.25, -0.2) is 39.4 Å². The number of aromatic amines is 3. The molecule has 0 aliphatic heterocycles. The van der Waals surface area contributed by atoms with Crippen molar-refractivity contribution >= 4 is 64.1 Å². The summed E-state index contributed by atoms with van der Waals surface area (Å²) in [5.41, 5.74) is 13.3. The van der Waals surface area contributed by atoms with Crippen molar-refractivity contribution in [3.8, 4) is 31.7 Å². The van der Waals surface area contributed by atoms with E-state index < -0.39 is 30.1 Å². The zero-order chi connectivity index (χ0) is 54.9. The number of benzene rings is 3. The van der Waals surface area contributed by atoms with Gasteiger partial charge in [0.1, 0.15) is 21.3 Å². The third-order valence-corrected chi connectivity index (χ3v) is 23.2. The predicted molar refractivity (Wildman–Crippen MR) is 311 cm³/mol. The molecule has 3 atom stereocenters. The molecule has 6 aromatic heterocycles. The van der Waals surface area contributed by atoms with E-state index >= 15 is 0 Å². The Bertz CT molecular complexity index is 3960. The predicted octanol–water partition coefficient (Wildman–Crippen LogP) is 12.3. The number of fused-ring (bicyclic) bond motifs is 3. The molecule has 6 N–H and O–H groups in total. The Balaban J connectivity index is 0.000000132. The molecule has 0 bridgehead atoms. The van der Waals surface area contributed by atoms with Crippen molar-refractivity contribution in [1.29, 1.82) is 0 Å². The highest BCUT2D eigenvalue weighted by Crippen LogP contribution is 2.39. The van der Waals surface area contributed by atoms with Gasteiger partial charge in [-0.05, 0) is 175 Å². The number of rotatable bonds is 12. The molecule has 0 spiro atoms. The van der Waals surface area contributed by atoms with Gasteiger partial charge in [0.25, 0.3) is 10.0 Å². The number of aryl methyl sites for hydroxylation is 8. The lowest BCUT2D eigenvalue weighted by molar-refractivity contribution is 0.506. The second-order valence-corrected chi connectivity index (χ2v) is 29.1. The van der Waals surface area contributed by atoms with E-state index in [0.717, 1.165) is 139 Å². The molecule has 0 amide bonds. The number of H-pyrrole nitrogens is 3. The number of nitrogens with zero attached hydrogens (tertiary/aromatic N) is 3. The third kappa shape index (κ3) is 12.1. The Morgan fingerprint density at radius 3 is 1.32 bits per heavy atom. The van der Waals surface area contributed by atoms with Crippen LogP contribution in [0.2, 0.25) is 0 Å². The SMILES string of the molecule is Cc1[nH]nc(-c2cc(S(=O)(=O)NC3CCCc4ccccc43)c(C)s2)c1C.Cc1cc(-c2cc(S(=O)(=O)NC3CCCc4ccccc43)c(C)s2)n[nH]1.Cc1cc(-c2ccc(S(=O)(=O)NC3CCCc4ccccc43)s2)n[nH]1. The summed E-state index contributed by atoms with van der Waals surface area (Å²) in [5.74, 6) is 0. The topological polar surface area (TPSA) is 225 Å². The normalized spacial score (nSPS) is 17.2.